The summed E-state index contributed by atoms with van der Waals surface area (Å²) in [5.74, 6) is 0.428. The highest BCUT2D eigenvalue weighted by atomic mass is 35.5. The summed E-state index contributed by atoms with van der Waals surface area (Å²) < 4.78 is 11.2. The summed E-state index contributed by atoms with van der Waals surface area (Å²) in [6.07, 6.45) is 1.28. The zero-order chi connectivity index (χ0) is 12.8. The van der Waals surface area contributed by atoms with Crippen molar-refractivity contribution in [3.05, 3.63) is 22.8 Å². The van der Waals surface area contributed by atoms with Crippen LogP contribution >= 0.6 is 11.6 Å². The highest BCUT2D eigenvalue weighted by molar-refractivity contribution is 7.84. The van der Waals surface area contributed by atoms with E-state index >= 15 is 0 Å². The molecule has 94 valence electrons. The number of nitrogens with one attached hydrogen (secondary N) is 1. The molecule has 0 amide bonds. The molecule has 17 heavy (non-hydrogen) atoms. The molecular weight excluding hydrogens is 264 g/mol. The Kier molecular flexibility index (Phi) is 5.37. The van der Waals surface area contributed by atoms with Gasteiger partial charge in [0.15, 0.2) is 0 Å². The topological polar surface area (TPSA) is 79.3 Å². The van der Waals surface area contributed by atoms with Gasteiger partial charge < -0.3 is 10.4 Å². The summed E-state index contributed by atoms with van der Waals surface area (Å²) in [5.41, 5.74) is 0.000723. The lowest BCUT2D eigenvalue weighted by Crippen LogP contribution is -2.13. The second-order valence-electron chi connectivity index (χ2n) is 3.21. The second-order valence-corrected chi connectivity index (χ2v) is 5.49. The first-order valence-corrected chi connectivity index (χ1v) is 6.89. The SMILES string of the molecule is CCS(=O)CCNc1cc(C(=O)O)c(Cl)cn1. The number of aromatic nitrogens is 1. The van der Waals surface area contributed by atoms with E-state index in [2.05, 4.69) is 10.3 Å². The zero-order valence-corrected chi connectivity index (χ0v) is 10.8. The van der Waals surface area contributed by atoms with Gasteiger partial charge in [0.1, 0.15) is 5.82 Å². The Bertz CT molecular complexity index is 440. The molecule has 2 N–H and O–H groups in total. The maximum absolute atomic E-state index is 11.2. The lowest BCUT2D eigenvalue weighted by molar-refractivity contribution is 0.0697. The molecule has 5 nitrogen and oxygen atoms in total. The Morgan fingerprint density at radius 2 is 2.35 bits per heavy atom. The Balaban J connectivity index is 2.63. The third-order valence-electron chi connectivity index (χ3n) is 2.04. The number of halogens is 1. The minimum absolute atomic E-state index is 0.000723. The van der Waals surface area contributed by atoms with E-state index < -0.39 is 16.8 Å². The van der Waals surface area contributed by atoms with Crippen molar-refractivity contribution in [1.29, 1.82) is 0 Å². The van der Waals surface area contributed by atoms with Gasteiger partial charge in [-0.3, -0.25) is 4.21 Å². The average Bonchev–Trinajstić information content (AvgIpc) is 2.30. The van der Waals surface area contributed by atoms with Crippen LogP contribution in [0.1, 0.15) is 17.3 Å². The first kappa shape index (κ1) is 13.9. The quantitative estimate of drug-likeness (QED) is 0.825. The third-order valence-corrected chi connectivity index (χ3v) is 3.65. The standard InChI is InChI=1S/C10H13ClN2O3S/c1-2-17(16)4-3-12-9-5-7(10(14)15)8(11)6-13-9/h5-6H,2-4H2,1H3,(H,12,13)(H,14,15). The molecule has 0 bridgehead atoms. The summed E-state index contributed by atoms with van der Waals surface area (Å²) in [5, 5.41) is 11.9. The van der Waals surface area contributed by atoms with Crippen molar-refractivity contribution in [2.75, 3.05) is 23.4 Å². The van der Waals surface area contributed by atoms with E-state index in [1.165, 1.54) is 12.3 Å². The molecule has 0 aliphatic heterocycles. The van der Waals surface area contributed by atoms with Gasteiger partial charge in [-0.1, -0.05) is 18.5 Å². The maximum atomic E-state index is 11.2. The molecule has 0 aromatic carbocycles. The fourth-order valence-corrected chi connectivity index (χ4v) is 1.94. The van der Waals surface area contributed by atoms with Gasteiger partial charge in [0.05, 0.1) is 10.6 Å². The van der Waals surface area contributed by atoms with Crippen molar-refractivity contribution in [2.24, 2.45) is 0 Å². The van der Waals surface area contributed by atoms with Crippen LogP contribution in [0.3, 0.4) is 0 Å². The largest absolute Gasteiger partial charge is 0.478 e. The van der Waals surface area contributed by atoms with Gasteiger partial charge in [0, 0.05) is 35.0 Å². The molecule has 0 aliphatic rings. The number of anilines is 1. The van der Waals surface area contributed by atoms with Gasteiger partial charge in [-0.2, -0.15) is 0 Å². The fraction of sp³-hybridized carbons (Fsp3) is 0.400. The third kappa shape index (κ3) is 4.32. The van der Waals surface area contributed by atoms with E-state index in [9.17, 15) is 9.00 Å². The Hall–Kier alpha value is -1.14. The lowest BCUT2D eigenvalue weighted by atomic mass is 10.2. The molecule has 0 spiro atoms. The van der Waals surface area contributed by atoms with Crippen molar-refractivity contribution in [3.8, 4) is 0 Å². The molecule has 1 unspecified atom stereocenters. The minimum atomic E-state index is -1.10. The van der Waals surface area contributed by atoms with Crippen molar-refractivity contribution < 1.29 is 14.1 Å². The van der Waals surface area contributed by atoms with Crippen LogP contribution in [0, 0.1) is 0 Å². The molecule has 0 saturated carbocycles. The average molecular weight is 277 g/mol. The number of nitrogens with zero attached hydrogens (tertiary/aromatic N) is 1. The molecule has 0 fully saturated rings. The van der Waals surface area contributed by atoms with Gasteiger partial charge in [-0.05, 0) is 6.07 Å². The summed E-state index contributed by atoms with van der Waals surface area (Å²) in [6.45, 7) is 2.33. The van der Waals surface area contributed by atoms with Crippen LogP contribution in [0.5, 0.6) is 0 Å². The predicted octanol–water partition coefficient (Wildman–Crippen LogP) is 1.61. The molecule has 1 heterocycles. The molecule has 0 saturated heterocycles. The van der Waals surface area contributed by atoms with Crippen LogP contribution in [-0.2, 0) is 10.8 Å². The molecule has 1 aromatic heterocycles. The van der Waals surface area contributed by atoms with Gasteiger partial charge in [-0.15, -0.1) is 0 Å². The van der Waals surface area contributed by atoms with E-state index in [0.29, 0.717) is 23.9 Å². The Labute approximate surface area is 107 Å². The van der Waals surface area contributed by atoms with E-state index in [-0.39, 0.29) is 10.6 Å². The molecule has 1 atom stereocenters. The lowest BCUT2D eigenvalue weighted by Gasteiger charge is -2.06. The number of carboxylic acid groups (broad SMARTS) is 1. The number of hydrogen-bond acceptors (Lipinski definition) is 4. The van der Waals surface area contributed by atoms with E-state index in [1.54, 1.807) is 0 Å². The van der Waals surface area contributed by atoms with Crippen LogP contribution in [0.25, 0.3) is 0 Å². The predicted molar refractivity (Wildman–Crippen MR) is 68.2 cm³/mol. The summed E-state index contributed by atoms with van der Waals surface area (Å²) in [4.78, 5) is 14.8. The van der Waals surface area contributed by atoms with E-state index in [4.69, 9.17) is 16.7 Å². The highest BCUT2D eigenvalue weighted by Crippen LogP contribution is 2.17. The normalized spacial score (nSPS) is 12.1. The maximum Gasteiger partial charge on any atom is 0.337 e. The molecule has 7 heteroatoms. The van der Waals surface area contributed by atoms with E-state index in [1.807, 2.05) is 6.92 Å². The second kappa shape index (κ2) is 6.56. The Morgan fingerprint density at radius 3 is 2.94 bits per heavy atom. The van der Waals surface area contributed by atoms with Crippen LogP contribution in [-0.4, -0.2) is 38.3 Å². The molecule has 0 radical (unpaired) electrons. The van der Waals surface area contributed by atoms with E-state index in [0.717, 1.165) is 0 Å². The smallest absolute Gasteiger partial charge is 0.337 e. The number of pyridine rings is 1. The number of carboxylic acids is 1. The van der Waals surface area contributed by atoms with Crippen LogP contribution in [0.4, 0.5) is 5.82 Å². The van der Waals surface area contributed by atoms with Crippen molar-refractivity contribution >= 4 is 34.2 Å². The number of carbonyl (C=O) groups is 1. The van der Waals surface area contributed by atoms with Crippen molar-refractivity contribution in [3.63, 3.8) is 0 Å². The number of aromatic carboxylic acids is 1. The summed E-state index contributed by atoms with van der Waals surface area (Å²) >= 11 is 5.68. The van der Waals surface area contributed by atoms with Gasteiger partial charge in [0.25, 0.3) is 0 Å². The summed E-state index contributed by atoms with van der Waals surface area (Å²) in [6, 6.07) is 1.36. The highest BCUT2D eigenvalue weighted by Gasteiger charge is 2.10. The molecule has 1 aromatic rings. The van der Waals surface area contributed by atoms with Crippen molar-refractivity contribution in [1.82, 2.24) is 4.98 Å². The van der Waals surface area contributed by atoms with Crippen LogP contribution in [0.15, 0.2) is 12.3 Å². The number of hydrogen-bond donors (Lipinski definition) is 2. The fourth-order valence-electron chi connectivity index (χ4n) is 1.14. The van der Waals surface area contributed by atoms with Crippen LogP contribution < -0.4 is 5.32 Å². The first-order valence-electron chi connectivity index (χ1n) is 5.02. The summed E-state index contributed by atoms with van der Waals surface area (Å²) in [7, 11) is -0.852. The molecule has 1 rings (SSSR count). The van der Waals surface area contributed by atoms with Crippen molar-refractivity contribution in [2.45, 2.75) is 6.92 Å². The minimum Gasteiger partial charge on any atom is -0.478 e. The van der Waals surface area contributed by atoms with Gasteiger partial charge in [-0.25, -0.2) is 9.78 Å². The Morgan fingerprint density at radius 1 is 1.65 bits per heavy atom. The molecular formula is C10H13ClN2O3S. The number of rotatable bonds is 6. The molecule has 0 aliphatic carbocycles. The van der Waals surface area contributed by atoms with Gasteiger partial charge >= 0.3 is 5.97 Å². The van der Waals surface area contributed by atoms with Gasteiger partial charge in [0.2, 0.25) is 0 Å². The monoisotopic (exact) mass is 276 g/mol. The first-order chi connectivity index (χ1) is 8.04. The van der Waals surface area contributed by atoms with Crippen LogP contribution in [0.2, 0.25) is 5.02 Å². The zero-order valence-electron chi connectivity index (χ0n) is 9.27.